The van der Waals surface area contributed by atoms with Gasteiger partial charge >= 0.3 is 0 Å². The monoisotopic (exact) mass is 404 g/mol. The van der Waals surface area contributed by atoms with Crippen molar-refractivity contribution in [2.24, 2.45) is 4.99 Å². The van der Waals surface area contributed by atoms with Gasteiger partial charge in [-0.15, -0.1) is 0 Å². The van der Waals surface area contributed by atoms with Crippen molar-refractivity contribution in [2.45, 2.75) is 31.2 Å². The van der Waals surface area contributed by atoms with Crippen molar-refractivity contribution in [1.82, 2.24) is 25.8 Å². The topological polar surface area (TPSA) is 87.2 Å². The second kappa shape index (κ2) is 8.98. The maximum Gasteiger partial charge on any atom is 0.191 e. The molecule has 1 heterocycles. The zero-order valence-corrected chi connectivity index (χ0v) is 17.5. The van der Waals surface area contributed by atoms with E-state index in [1.54, 1.807) is 14.2 Å². The van der Waals surface area contributed by atoms with Gasteiger partial charge in [0.15, 0.2) is 11.8 Å². The van der Waals surface area contributed by atoms with Crippen LogP contribution in [0.1, 0.15) is 30.7 Å². The maximum atomic E-state index is 5.20. The van der Waals surface area contributed by atoms with E-state index in [9.17, 15) is 0 Å². The predicted molar refractivity (Wildman–Crippen MR) is 119 cm³/mol. The van der Waals surface area contributed by atoms with E-state index in [0.29, 0.717) is 12.4 Å². The van der Waals surface area contributed by atoms with E-state index in [2.05, 4.69) is 61.1 Å². The number of aromatic nitrogens is 3. The number of H-pyrrole nitrogens is 1. The molecule has 0 atom stereocenters. The van der Waals surface area contributed by atoms with Crippen LogP contribution in [-0.4, -0.2) is 41.8 Å². The van der Waals surface area contributed by atoms with Crippen LogP contribution in [0.15, 0.2) is 59.6 Å². The van der Waals surface area contributed by atoms with E-state index in [0.717, 1.165) is 29.6 Å². The van der Waals surface area contributed by atoms with Crippen LogP contribution in [-0.2, 0) is 12.0 Å². The summed E-state index contributed by atoms with van der Waals surface area (Å²) in [5.41, 5.74) is 2.54. The number of hydrogen-bond donors (Lipinski definition) is 3. The molecule has 30 heavy (non-hydrogen) atoms. The van der Waals surface area contributed by atoms with Crippen molar-refractivity contribution < 1.29 is 4.74 Å². The standard InChI is InChI=1S/C23H28N6O/c1-24-22(26-16-23(13-6-14-23)18-7-4-3-5-8-18)25-15-20-27-21(29-28-20)17-9-11-19(30-2)12-10-17/h3-5,7-12H,6,13-16H2,1-2H3,(H2,24,25,26)(H,27,28,29). The number of guanidine groups is 1. The van der Waals surface area contributed by atoms with Crippen LogP contribution in [0.3, 0.4) is 0 Å². The second-order valence-corrected chi connectivity index (χ2v) is 7.61. The highest BCUT2D eigenvalue weighted by Crippen LogP contribution is 2.43. The lowest BCUT2D eigenvalue weighted by Crippen LogP contribution is -2.48. The molecule has 0 bridgehead atoms. The molecular formula is C23H28N6O. The number of benzene rings is 2. The van der Waals surface area contributed by atoms with Gasteiger partial charge in [0.1, 0.15) is 11.6 Å². The van der Waals surface area contributed by atoms with Crippen molar-refractivity contribution >= 4 is 5.96 Å². The first-order valence-electron chi connectivity index (χ1n) is 10.3. The molecular weight excluding hydrogens is 376 g/mol. The third kappa shape index (κ3) is 4.30. The maximum absolute atomic E-state index is 5.20. The highest BCUT2D eigenvalue weighted by molar-refractivity contribution is 5.79. The minimum atomic E-state index is 0.201. The van der Waals surface area contributed by atoms with E-state index in [-0.39, 0.29) is 5.41 Å². The highest BCUT2D eigenvalue weighted by Gasteiger charge is 2.38. The molecule has 0 radical (unpaired) electrons. The Morgan fingerprint density at radius 2 is 1.87 bits per heavy atom. The molecule has 1 saturated carbocycles. The summed E-state index contributed by atoms with van der Waals surface area (Å²) in [6, 6.07) is 18.5. The minimum Gasteiger partial charge on any atom is -0.497 e. The Labute approximate surface area is 177 Å². The van der Waals surface area contributed by atoms with Gasteiger partial charge in [-0.3, -0.25) is 10.1 Å². The van der Waals surface area contributed by atoms with Crippen LogP contribution in [0.25, 0.3) is 11.4 Å². The van der Waals surface area contributed by atoms with Crippen LogP contribution in [0, 0.1) is 0 Å². The van der Waals surface area contributed by atoms with E-state index < -0.39 is 0 Å². The average Bonchev–Trinajstić information content (AvgIpc) is 3.25. The summed E-state index contributed by atoms with van der Waals surface area (Å²) in [6.07, 6.45) is 3.68. The molecule has 3 aromatic rings. The van der Waals surface area contributed by atoms with Gasteiger partial charge in [-0.05, 0) is 42.7 Å². The first-order valence-corrected chi connectivity index (χ1v) is 10.3. The number of hydrogen-bond acceptors (Lipinski definition) is 4. The zero-order chi connectivity index (χ0) is 20.8. The molecule has 156 valence electrons. The molecule has 4 rings (SSSR count). The minimum absolute atomic E-state index is 0.201. The molecule has 1 aliphatic rings. The molecule has 1 aliphatic carbocycles. The van der Waals surface area contributed by atoms with Gasteiger partial charge < -0.3 is 15.4 Å². The van der Waals surface area contributed by atoms with Gasteiger partial charge in [-0.1, -0.05) is 36.8 Å². The van der Waals surface area contributed by atoms with Crippen molar-refractivity contribution in [3.05, 3.63) is 66.0 Å². The number of nitrogens with one attached hydrogen (secondary N) is 3. The van der Waals surface area contributed by atoms with E-state index in [1.165, 1.54) is 24.8 Å². The van der Waals surface area contributed by atoms with E-state index >= 15 is 0 Å². The number of aromatic amines is 1. The Kier molecular flexibility index (Phi) is 5.97. The fraction of sp³-hybridized carbons (Fsp3) is 0.348. The molecule has 0 amide bonds. The number of nitrogens with zero attached hydrogens (tertiary/aromatic N) is 3. The van der Waals surface area contributed by atoms with Crippen LogP contribution in [0.2, 0.25) is 0 Å². The SMILES string of the molecule is CN=C(NCc1nc(-c2ccc(OC)cc2)n[nH]1)NCC1(c2ccccc2)CCC1. The molecule has 1 aromatic heterocycles. The molecule has 7 heteroatoms. The van der Waals surface area contributed by atoms with E-state index in [1.807, 2.05) is 24.3 Å². The number of ether oxygens (including phenoxy) is 1. The van der Waals surface area contributed by atoms with Crippen molar-refractivity contribution in [2.75, 3.05) is 20.7 Å². The Balaban J connectivity index is 1.33. The molecule has 1 fully saturated rings. The third-order valence-electron chi connectivity index (χ3n) is 5.82. The number of methoxy groups -OCH3 is 1. The summed E-state index contributed by atoms with van der Waals surface area (Å²) in [7, 11) is 3.44. The lowest BCUT2D eigenvalue weighted by atomic mass is 9.64. The summed E-state index contributed by atoms with van der Waals surface area (Å²) in [5, 5.41) is 14.1. The van der Waals surface area contributed by atoms with E-state index in [4.69, 9.17) is 4.74 Å². The van der Waals surface area contributed by atoms with Gasteiger partial charge in [0, 0.05) is 24.6 Å². The van der Waals surface area contributed by atoms with Gasteiger partial charge in [0.05, 0.1) is 13.7 Å². The summed E-state index contributed by atoms with van der Waals surface area (Å²) in [4.78, 5) is 8.93. The molecule has 0 unspecified atom stereocenters. The van der Waals surface area contributed by atoms with Crippen LogP contribution >= 0.6 is 0 Å². The molecule has 2 aromatic carbocycles. The number of aliphatic imine (C=N–C) groups is 1. The summed E-state index contributed by atoms with van der Waals surface area (Å²) < 4.78 is 5.20. The molecule has 7 nitrogen and oxygen atoms in total. The Hall–Kier alpha value is -3.35. The smallest absolute Gasteiger partial charge is 0.191 e. The first kappa shape index (κ1) is 19.9. The van der Waals surface area contributed by atoms with Gasteiger partial charge in [0.25, 0.3) is 0 Å². The van der Waals surface area contributed by atoms with Gasteiger partial charge in [-0.2, -0.15) is 5.10 Å². The van der Waals surface area contributed by atoms with Gasteiger partial charge in [0.2, 0.25) is 0 Å². The summed E-state index contributed by atoms with van der Waals surface area (Å²) >= 11 is 0. The molecule has 0 saturated heterocycles. The van der Waals surface area contributed by atoms with Gasteiger partial charge in [-0.25, -0.2) is 4.98 Å². The lowest BCUT2D eigenvalue weighted by molar-refractivity contribution is 0.244. The summed E-state index contributed by atoms with van der Waals surface area (Å²) in [6.45, 7) is 1.38. The summed E-state index contributed by atoms with van der Waals surface area (Å²) in [5.74, 6) is 2.99. The zero-order valence-electron chi connectivity index (χ0n) is 17.5. The second-order valence-electron chi connectivity index (χ2n) is 7.61. The van der Waals surface area contributed by atoms with Crippen molar-refractivity contribution in [3.8, 4) is 17.1 Å². The van der Waals surface area contributed by atoms with Crippen molar-refractivity contribution in [1.29, 1.82) is 0 Å². The third-order valence-corrected chi connectivity index (χ3v) is 5.82. The fourth-order valence-corrected chi connectivity index (χ4v) is 3.85. The molecule has 0 aliphatic heterocycles. The average molecular weight is 405 g/mol. The number of rotatable bonds is 7. The quantitative estimate of drug-likeness (QED) is 0.416. The Morgan fingerprint density at radius 3 is 2.50 bits per heavy atom. The van der Waals surface area contributed by atoms with Crippen molar-refractivity contribution in [3.63, 3.8) is 0 Å². The lowest BCUT2D eigenvalue weighted by Gasteiger charge is -2.43. The Bertz CT molecular complexity index is 976. The predicted octanol–water partition coefficient (Wildman–Crippen LogP) is 3.27. The molecule has 3 N–H and O–H groups in total. The Morgan fingerprint density at radius 1 is 1.10 bits per heavy atom. The first-order chi connectivity index (χ1) is 14.7. The highest BCUT2D eigenvalue weighted by atomic mass is 16.5. The normalized spacial score (nSPS) is 15.3. The fourth-order valence-electron chi connectivity index (χ4n) is 3.85. The van der Waals surface area contributed by atoms with Crippen LogP contribution in [0.5, 0.6) is 5.75 Å². The van der Waals surface area contributed by atoms with Crippen LogP contribution < -0.4 is 15.4 Å². The largest absolute Gasteiger partial charge is 0.497 e. The van der Waals surface area contributed by atoms with Crippen LogP contribution in [0.4, 0.5) is 0 Å². The molecule has 0 spiro atoms.